The number of anilines is 1. The molecule has 4 aromatic rings. The van der Waals surface area contributed by atoms with Crippen molar-refractivity contribution in [2.24, 2.45) is 0 Å². The molecule has 3 heterocycles. The molecule has 0 saturated carbocycles. The van der Waals surface area contributed by atoms with Gasteiger partial charge in [0, 0.05) is 39.5 Å². The minimum absolute atomic E-state index is 0.213. The van der Waals surface area contributed by atoms with Crippen LogP contribution in [0.2, 0.25) is 0 Å². The molecule has 31 heavy (non-hydrogen) atoms. The van der Waals surface area contributed by atoms with Crippen molar-refractivity contribution in [1.29, 1.82) is 0 Å². The number of hydrogen-bond acceptors (Lipinski definition) is 4. The van der Waals surface area contributed by atoms with E-state index in [9.17, 15) is 13.6 Å². The second kappa shape index (κ2) is 8.73. The Morgan fingerprint density at radius 3 is 2.39 bits per heavy atom. The third kappa shape index (κ3) is 4.36. The molecule has 1 amide bonds. The zero-order valence-electron chi connectivity index (χ0n) is 16.9. The number of aromatic nitrogens is 2. The standard InChI is InChI=1S/C24H19F2N3OS/c1-14(2)23-17(11-20(31-23)16-5-4-10-27-12-16)15-8-9-21(28-13-15)29-24(30)22-18(25)6-3-7-19(22)26/h3-14H,1-2H3,(H,28,29,30). The van der Waals surface area contributed by atoms with Crippen LogP contribution in [0.25, 0.3) is 21.6 Å². The quantitative estimate of drug-likeness (QED) is 0.388. The molecule has 156 valence electrons. The molecule has 0 fully saturated rings. The summed E-state index contributed by atoms with van der Waals surface area (Å²) in [5.74, 6) is -2.19. The number of benzene rings is 1. The van der Waals surface area contributed by atoms with Gasteiger partial charge in [0.15, 0.2) is 0 Å². The van der Waals surface area contributed by atoms with Crippen LogP contribution < -0.4 is 5.32 Å². The highest BCUT2D eigenvalue weighted by Gasteiger charge is 2.18. The average Bonchev–Trinajstić information content (AvgIpc) is 3.21. The minimum Gasteiger partial charge on any atom is -0.306 e. The zero-order chi connectivity index (χ0) is 22.0. The summed E-state index contributed by atoms with van der Waals surface area (Å²) in [6, 6.07) is 12.8. The number of nitrogens with zero attached hydrogens (tertiary/aromatic N) is 2. The maximum Gasteiger partial charge on any atom is 0.262 e. The van der Waals surface area contributed by atoms with E-state index in [-0.39, 0.29) is 5.82 Å². The molecule has 0 unspecified atom stereocenters. The summed E-state index contributed by atoms with van der Waals surface area (Å²) in [6.07, 6.45) is 5.22. The summed E-state index contributed by atoms with van der Waals surface area (Å²) in [6.45, 7) is 4.26. The van der Waals surface area contributed by atoms with E-state index in [0.717, 1.165) is 33.7 Å². The van der Waals surface area contributed by atoms with Gasteiger partial charge in [0.05, 0.1) is 0 Å². The monoisotopic (exact) mass is 435 g/mol. The number of amides is 1. The molecule has 0 aliphatic rings. The fourth-order valence-corrected chi connectivity index (χ4v) is 4.41. The van der Waals surface area contributed by atoms with Crippen molar-refractivity contribution in [2.45, 2.75) is 19.8 Å². The zero-order valence-corrected chi connectivity index (χ0v) is 17.7. The third-order valence-electron chi connectivity index (χ3n) is 4.74. The Balaban J connectivity index is 1.61. The maximum atomic E-state index is 13.8. The lowest BCUT2D eigenvalue weighted by atomic mass is 10.0. The van der Waals surface area contributed by atoms with Crippen molar-refractivity contribution in [3.63, 3.8) is 0 Å². The van der Waals surface area contributed by atoms with Crippen LogP contribution in [0.3, 0.4) is 0 Å². The van der Waals surface area contributed by atoms with Gasteiger partial charge >= 0.3 is 0 Å². The Hall–Kier alpha value is -3.45. The van der Waals surface area contributed by atoms with Crippen LogP contribution >= 0.6 is 11.3 Å². The van der Waals surface area contributed by atoms with Gasteiger partial charge in [0.2, 0.25) is 0 Å². The van der Waals surface area contributed by atoms with E-state index in [1.807, 2.05) is 24.4 Å². The normalized spacial score (nSPS) is 11.0. The molecule has 3 aromatic heterocycles. The number of halogens is 2. The predicted octanol–water partition coefficient (Wildman–Crippen LogP) is 6.53. The van der Waals surface area contributed by atoms with E-state index in [2.05, 4.69) is 35.2 Å². The van der Waals surface area contributed by atoms with E-state index in [0.29, 0.717) is 5.92 Å². The number of hydrogen-bond donors (Lipinski definition) is 1. The fraction of sp³-hybridized carbons (Fsp3) is 0.125. The van der Waals surface area contributed by atoms with E-state index >= 15 is 0 Å². The number of pyridine rings is 2. The second-order valence-electron chi connectivity index (χ2n) is 7.27. The van der Waals surface area contributed by atoms with Gasteiger partial charge < -0.3 is 5.32 Å². The van der Waals surface area contributed by atoms with Crippen LogP contribution in [0.15, 0.2) is 67.1 Å². The first-order valence-corrected chi connectivity index (χ1v) is 10.5. The van der Waals surface area contributed by atoms with Gasteiger partial charge in [-0.05, 0) is 47.9 Å². The van der Waals surface area contributed by atoms with Crippen molar-refractivity contribution < 1.29 is 13.6 Å². The summed E-state index contributed by atoms with van der Waals surface area (Å²) in [5, 5.41) is 2.45. The third-order valence-corrected chi connectivity index (χ3v) is 6.22. The Morgan fingerprint density at radius 2 is 1.77 bits per heavy atom. The first-order chi connectivity index (χ1) is 14.9. The lowest BCUT2D eigenvalue weighted by Gasteiger charge is -2.09. The summed E-state index contributed by atoms with van der Waals surface area (Å²) in [4.78, 5) is 23.1. The molecule has 0 aliphatic heterocycles. The topological polar surface area (TPSA) is 54.9 Å². The predicted molar refractivity (Wildman–Crippen MR) is 119 cm³/mol. The van der Waals surface area contributed by atoms with E-state index < -0.39 is 23.1 Å². The second-order valence-corrected chi connectivity index (χ2v) is 8.35. The van der Waals surface area contributed by atoms with E-state index in [1.165, 1.54) is 10.9 Å². The van der Waals surface area contributed by atoms with Gasteiger partial charge in [-0.15, -0.1) is 11.3 Å². The van der Waals surface area contributed by atoms with Crippen LogP contribution in [0.1, 0.15) is 35.0 Å². The van der Waals surface area contributed by atoms with Crippen LogP contribution in [-0.2, 0) is 0 Å². The Morgan fingerprint density at radius 1 is 1.00 bits per heavy atom. The molecular formula is C24H19F2N3OS. The largest absolute Gasteiger partial charge is 0.306 e. The van der Waals surface area contributed by atoms with Gasteiger partial charge in [-0.2, -0.15) is 0 Å². The van der Waals surface area contributed by atoms with Gasteiger partial charge in [0.1, 0.15) is 23.0 Å². The van der Waals surface area contributed by atoms with Crippen LogP contribution in [0.5, 0.6) is 0 Å². The molecule has 4 rings (SSSR count). The average molecular weight is 435 g/mol. The molecule has 0 spiro atoms. The van der Waals surface area contributed by atoms with Crippen molar-refractivity contribution in [3.05, 3.63) is 89.2 Å². The first kappa shape index (κ1) is 20.8. The van der Waals surface area contributed by atoms with Crippen molar-refractivity contribution in [1.82, 2.24) is 9.97 Å². The van der Waals surface area contributed by atoms with E-state index in [4.69, 9.17) is 0 Å². The number of nitrogens with one attached hydrogen (secondary N) is 1. The Kier molecular flexibility index (Phi) is 5.86. The lowest BCUT2D eigenvalue weighted by molar-refractivity contribution is 0.101. The Labute approximate surface area is 182 Å². The number of rotatable bonds is 5. The van der Waals surface area contributed by atoms with Crippen LogP contribution in [0.4, 0.5) is 14.6 Å². The molecule has 0 atom stereocenters. The molecular weight excluding hydrogens is 416 g/mol. The van der Waals surface area contributed by atoms with Crippen molar-refractivity contribution in [2.75, 3.05) is 5.32 Å². The van der Waals surface area contributed by atoms with E-state index in [1.54, 1.807) is 29.8 Å². The number of carbonyl (C=O) groups is 1. The SMILES string of the molecule is CC(C)c1sc(-c2cccnc2)cc1-c1ccc(NC(=O)c2c(F)cccc2F)nc1. The van der Waals surface area contributed by atoms with Crippen LogP contribution in [0, 0.1) is 11.6 Å². The number of thiophene rings is 1. The van der Waals surface area contributed by atoms with Crippen LogP contribution in [-0.4, -0.2) is 15.9 Å². The fourth-order valence-electron chi connectivity index (χ4n) is 3.23. The summed E-state index contributed by atoms with van der Waals surface area (Å²) in [7, 11) is 0. The molecule has 0 saturated heterocycles. The highest BCUT2D eigenvalue weighted by Crippen LogP contribution is 2.40. The summed E-state index contributed by atoms with van der Waals surface area (Å²) in [5.41, 5.74) is 2.37. The minimum atomic E-state index is -0.920. The first-order valence-electron chi connectivity index (χ1n) is 9.70. The van der Waals surface area contributed by atoms with Gasteiger partial charge in [0.25, 0.3) is 5.91 Å². The summed E-state index contributed by atoms with van der Waals surface area (Å²) < 4.78 is 27.7. The molecule has 4 nitrogen and oxygen atoms in total. The molecule has 1 N–H and O–H groups in total. The lowest BCUT2D eigenvalue weighted by Crippen LogP contribution is -2.16. The van der Waals surface area contributed by atoms with Crippen molar-refractivity contribution in [3.8, 4) is 21.6 Å². The number of carbonyl (C=O) groups excluding carboxylic acids is 1. The molecule has 1 aromatic carbocycles. The Bertz CT molecular complexity index is 1200. The maximum absolute atomic E-state index is 13.8. The molecule has 7 heteroatoms. The highest BCUT2D eigenvalue weighted by atomic mass is 32.1. The highest BCUT2D eigenvalue weighted by molar-refractivity contribution is 7.16. The van der Waals surface area contributed by atoms with Crippen molar-refractivity contribution >= 4 is 23.1 Å². The summed E-state index contributed by atoms with van der Waals surface area (Å²) >= 11 is 1.71. The van der Waals surface area contributed by atoms with Gasteiger partial charge in [-0.25, -0.2) is 13.8 Å². The smallest absolute Gasteiger partial charge is 0.262 e. The van der Waals surface area contributed by atoms with Gasteiger partial charge in [-0.1, -0.05) is 26.0 Å². The van der Waals surface area contributed by atoms with Gasteiger partial charge in [-0.3, -0.25) is 9.78 Å². The molecule has 0 bridgehead atoms. The molecule has 0 radical (unpaired) electrons. The molecule has 0 aliphatic carbocycles.